The third-order valence-electron chi connectivity index (χ3n) is 2.55. The van der Waals surface area contributed by atoms with E-state index in [-0.39, 0.29) is 10.8 Å². The highest BCUT2D eigenvalue weighted by molar-refractivity contribution is 6.31. The Kier molecular flexibility index (Phi) is 4.48. The number of benzene rings is 1. The molecule has 0 aliphatic rings. The number of hydrogen-bond donors (Lipinski definition) is 1. The van der Waals surface area contributed by atoms with Gasteiger partial charge in [0.25, 0.3) is 0 Å². The first-order valence-electron chi connectivity index (χ1n) is 5.91. The largest absolute Gasteiger partial charge is 0.359 e. The average molecular weight is 291 g/mol. The quantitative estimate of drug-likeness (QED) is 0.681. The van der Waals surface area contributed by atoms with E-state index in [0.717, 1.165) is 0 Å². The summed E-state index contributed by atoms with van der Waals surface area (Å²) in [5.74, 6) is -0.637. The molecule has 20 heavy (non-hydrogen) atoms. The third-order valence-corrected chi connectivity index (χ3v) is 2.84. The molecule has 1 N–H and O–H groups in total. The van der Waals surface area contributed by atoms with Crippen molar-refractivity contribution in [1.29, 1.82) is 0 Å². The number of aromatic nitrogens is 1. The van der Waals surface area contributed by atoms with Crippen LogP contribution in [0.2, 0.25) is 5.02 Å². The predicted molar refractivity (Wildman–Crippen MR) is 77.4 cm³/mol. The molecule has 0 fully saturated rings. The van der Waals surface area contributed by atoms with Crippen molar-refractivity contribution >= 4 is 23.1 Å². The molecule has 3 nitrogen and oxygen atoms in total. The van der Waals surface area contributed by atoms with Crippen molar-refractivity contribution in [2.45, 2.75) is 6.92 Å². The van der Waals surface area contributed by atoms with Crippen LogP contribution in [0.5, 0.6) is 0 Å². The molecule has 1 aromatic heterocycles. The molecule has 2 aromatic rings. The van der Waals surface area contributed by atoms with Crippen molar-refractivity contribution in [1.82, 2.24) is 4.98 Å². The standard InChI is InChI=1S/C15H12ClFN2O/c1-10(7-15(20)11-3-2-6-18-9-11)19-12-4-5-14(17)13(16)8-12/h2-9,19H,1H3. The number of halogens is 2. The zero-order valence-electron chi connectivity index (χ0n) is 10.7. The van der Waals surface area contributed by atoms with Gasteiger partial charge < -0.3 is 5.32 Å². The third kappa shape index (κ3) is 3.65. The van der Waals surface area contributed by atoms with Gasteiger partial charge in [-0.1, -0.05) is 11.6 Å². The fourth-order valence-corrected chi connectivity index (χ4v) is 1.81. The van der Waals surface area contributed by atoms with E-state index in [1.807, 2.05) is 0 Å². The van der Waals surface area contributed by atoms with Crippen LogP contribution in [0, 0.1) is 5.82 Å². The normalized spacial score (nSPS) is 11.2. The molecular weight excluding hydrogens is 279 g/mol. The van der Waals surface area contributed by atoms with Gasteiger partial charge in [0.15, 0.2) is 5.78 Å². The smallest absolute Gasteiger partial charge is 0.189 e. The molecular formula is C15H12ClFN2O. The molecule has 5 heteroatoms. The van der Waals surface area contributed by atoms with Crippen LogP contribution in [-0.4, -0.2) is 10.8 Å². The van der Waals surface area contributed by atoms with E-state index in [2.05, 4.69) is 10.3 Å². The zero-order chi connectivity index (χ0) is 14.5. The number of nitrogens with one attached hydrogen (secondary N) is 1. The fourth-order valence-electron chi connectivity index (χ4n) is 1.63. The molecule has 0 unspecified atom stereocenters. The Balaban J connectivity index is 2.11. The van der Waals surface area contributed by atoms with Crippen LogP contribution in [0.15, 0.2) is 54.5 Å². The SMILES string of the molecule is CC(=CC(=O)c1cccnc1)Nc1ccc(F)c(Cl)c1. The van der Waals surface area contributed by atoms with Crippen LogP contribution in [0.25, 0.3) is 0 Å². The lowest BCUT2D eigenvalue weighted by Gasteiger charge is -2.07. The molecule has 0 radical (unpaired) electrons. The number of rotatable bonds is 4. The first kappa shape index (κ1) is 14.2. The van der Waals surface area contributed by atoms with Crippen LogP contribution in [0.3, 0.4) is 0 Å². The summed E-state index contributed by atoms with van der Waals surface area (Å²) in [6.45, 7) is 1.74. The van der Waals surface area contributed by atoms with Crippen LogP contribution >= 0.6 is 11.6 Å². The number of carbonyl (C=O) groups is 1. The molecule has 0 bridgehead atoms. The Morgan fingerprint density at radius 1 is 1.40 bits per heavy atom. The van der Waals surface area contributed by atoms with Gasteiger partial charge in [0.1, 0.15) is 5.82 Å². The lowest BCUT2D eigenvalue weighted by molar-refractivity contribution is 0.104. The average Bonchev–Trinajstić information content (AvgIpc) is 2.44. The molecule has 102 valence electrons. The maximum atomic E-state index is 13.0. The van der Waals surface area contributed by atoms with Crippen molar-refractivity contribution in [3.63, 3.8) is 0 Å². The molecule has 0 amide bonds. The van der Waals surface area contributed by atoms with Crippen molar-refractivity contribution in [3.8, 4) is 0 Å². The second-order valence-corrected chi connectivity index (χ2v) is 4.59. The Morgan fingerprint density at radius 2 is 2.20 bits per heavy atom. The van der Waals surface area contributed by atoms with Crippen LogP contribution in [0.1, 0.15) is 17.3 Å². The summed E-state index contributed by atoms with van der Waals surface area (Å²) in [5.41, 5.74) is 1.75. The van der Waals surface area contributed by atoms with E-state index in [4.69, 9.17) is 11.6 Å². The van der Waals surface area contributed by atoms with Gasteiger partial charge in [0.2, 0.25) is 0 Å². The van der Waals surface area contributed by atoms with Gasteiger partial charge in [-0.15, -0.1) is 0 Å². The maximum absolute atomic E-state index is 13.0. The molecule has 1 heterocycles. The lowest BCUT2D eigenvalue weighted by Crippen LogP contribution is -2.01. The predicted octanol–water partition coefficient (Wildman–Crippen LogP) is 4.07. The van der Waals surface area contributed by atoms with Gasteiger partial charge in [-0.05, 0) is 37.3 Å². The van der Waals surface area contributed by atoms with E-state index >= 15 is 0 Å². The summed E-state index contributed by atoms with van der Waals surface area (Å²) in [5, 5.41) is 3.01. The topological polar surface area (TPSA) is 42.0 Å². The number of hydrogen-bond acceptors (Lipinski definition) is 3. The van der Waals surface area contributed by atoms with E-state index in [1.54, 1.807) is 31.3 Å². The molecule has 0 spiro atoms. The minimum Gasteiger partial charge on any atom is -0.359 e. The second-order valence-electron chi connectivity index (χ2n) is 4.19. The molecule has 1 aromatic carbocycles. The molecule has 0 saturated carbocycles. The van der Waals surface area contributed by atoms with E-state index in [9.17, 15) is 9.18 Å². The first-order valence-corrected chi connectivity index (χ1v) is 6.29. The molecule has 2 rings (SSSR count). The fraction of sp³-hybridized carbons (Fsp3) is 0.0667. The summed E-state index contributed by atoms with van der Waals surface area (Å²) in [6, 6.07) is 7.66. The number of pyridine rings is 1. The van der Waals surface area contributed by atoms with E-state index < -0.39 is 5.82 Å². The first-order chi connectivity index (χ1) is 9.56. The van der Waals surface area contributed by atoms with Gasteiger partial charge in [0.05, 0.1) is 5.02 Å². The highest BCUT2D eigenvalue weighted by Crippen LogP contribution is 2.20. The number of allylic oxidation sites excluding steroid dienone is 2. The van der Waals surface area contributed by atoms with Gasteiger partial charge in [-0.3, -0.25) is 9.78 Å². The summed E-state index contributed by atoms with van der Waals surface area (Å²) in [6.07, 6.45) is 4.56. The second kappa shape index (κ2) is 6.30. The molecule has 0 aliphatic carbocycles. The number of anilines is 1. The summed E-state index contributed by atoms with van der Waals surface area (Å²) >= 11 is 5.69. The monoisotopic (exact) mass is 290 g/mol. The zero-order valence-corrected chi connectivity index (χ0v) is 11.5. The van der Waals surface area contributed by atoms with Gasteiger partial charge in [-0.2, -0.15) is 0 Å². The summed E-state index contributed by atoms with van der Waals surface area (Å²) in [7, 11) is 0. The number of ketones is 1. The van der Waals surface area contributed by atoms with Crippen molar-refractivity contribution in [2.24, 2.45) is 0 Å². The van der Waals surface area contributed by atoms with Crippen molar-refractivity contribution in [3.05, 3.63) is 70.9 Å². The highest BCUT2D eigenvalue weighted by atomic mass is 35.5. The highest BCUT2D eigenvalue weighted by Gasteiger charge is 2.04. The van der Waals surface area contributed by atoms with Gasteiger partial charge in [-0.25, -0.2) is 4.39 Å². The Hall–Kier alpha value is -2.20. The van der Waals surface area contributed by atoms with E-state index in [0.29, 0.717) is 16.9 Å². The van der Waals surface area contributed by atoms with Gasteiger partial charge >= 0.3 is 0 Å². The van der Waals surface area contributed by atoms with Crippen LogP contribution in [0.4, 0.5) is 10.1 Å². The Bertz CT molecular complexity index is 656. The number of nitrogens with zero attached hydrogens (tertiary/aromatic N) is 1. The van der Waals surface area contributed by atoms with Crippen LogP contribution in [-0.2, 0) is 0 Å². The minimum atomic E-state index is -0.481. The van der Waals surface area contributed by atoms with Gasteiger partial charge in [0, 0.05) is 35.4 Å². The van der Waals surface area contributed by atoms with Crippen LogP contribution < -0.4 is 5.32 Å². The van der Waals surface area contributed by atoms with Crippen molar-refractivity contribution in [2.75, 3.05) is 5.32 Å². The molecule has 0 saturated heterocycles. The Labute approximate surface area is 121 Å². The lowest BCUT2D eigenvalue weighted by atomic mass is 10.1. The number of carbonyl (C=O) groups excluding carboxylic acids is 1. The van der Waals surface area contributed by atoms with Crippen molar-refractivity contribution < 1.29 is 9.18 Å². The minimum absolute atomic E-state index is 0.0291. The summed E-state index contributed by atoms with van der Waals surface area (Å²) < 4.78 is 13.0. The van der Waals surface area contributed by atoms with E-state index in [1.165, 1.54) is 24.4 Å². The molecule has 0 aliphatic heterocycles. The summed E-state index contributed by atoms with van der Waals surface area (Å²) in [4.78, 5) is 15.8. The maximum Gasteiger partial charge on any atom is 0.189 e. The Morgan fingerprint density at radius 3 is 2.85 bits per heavy atom. The molecule has 0 atom stereocenters.